The molecule has 2 aliphatic heterocycles. The Labute approximate surface area is 187 Å². The van der Waals surface area contributed by atoms with Gasteiger partial charge in [0.1, 0.15) is 0 Å². The van der Waals surface area contributed by atoms with E-state index >= 15 is 0 Å². The molecule has 1 fully saturated rings. The van der Waals surface area contributed by atoms with Crippen molar-refractivity contribution in [3.63, 3.8) is 0 Å². The predicted molar refractivity (Wildman–Crippen MR) is 123 cm³/mol. The fourth-order valence-electron chi connectivity index (χ4n) is 4.71. The van der Waals surface area contributed by atoms with Crippen LogP contribution in [0.5, 0.6) is 0 Å². The molecule has 0 unspecified atom stereocenters. The lowest BCUT2D eigenvalue weighted by atomic mass is 9.90. The SMILES string of the molecule is CC(=O)N1CCc2cc(-c3c(C(=O)N4CCOCC4)ccc4nc(C)ccc34)ccc2C1. The van der Waals surface area contributed by atoms with Crippen LogP contribution in [0.25, 0.3) is 22.0 Å². The van der Waals surface area contributed by atoms with Crippen molar-refractivity contribution in [1.82, 2.24) is 14.8 Å². The third kappa shape index (κ3) is 3.75. The summed E-state index contributed by atoms with van der Waals surface area (Å²) in [6.07, 6.45) is 0.817. The van der Waals surface area contributed by atoms with Crippen LogP contribution >= 0.6 is 0 Å². The number of carbonyl (C=O) groups excluding carboxylic acids is 2. The summed E-state index contributed by atoms with van der Waals surface area (Å²) in [6.45, 7) is 7.31. The largest absolute Gasteiger partial charge is 0.378 e. The standard InChI is InChI=1S/C26H27N3O3/c1-17-3-6-22-24(27-17)8-7-23(26(31)28-11-13-32-14-12-28)25(22)20-4-5-21-16-29(18(2)30)10-9-19(21)15-20/h3-8,15H,9-14,16H2,1-2H3. The van der Waals surface area contributed by atoms with Gasteiger partial charge in [-0.3, -0.25) is 14.6 Å². The minimum Gasteiger partial charge on any atom is -0.378 e. The molecule has 0 atom stereocenters. The molecule has 0 radical (unpaired) electrons. The van der Waals surface area contributed by atoms with Crippen LogP contribution in [0.4, 0.5) is 0 Å². The fourth-order valence-corrected chi connectivity index (χ4v) is 4.71. The molecule has 2 aromatic carbocycles. The molecule has 2 amide bonds. The number of fused-ring (bicyclic) bond motifs is 2. The summed E-state index contributed by atoms with van der Waals surface area (Å²) in [5.41, 5.74) is 6.90. The highest BCUT2D eigenvalue weighted by Gasteiger charge is 2.25. The van der Waals surface area contributed by atoms with Crippen LogP contribution < -0.4 is 0 Å². The quantitative estimate of drug-likeness (QED) is 0.625. The second kappa shape index (κ2) is 8.36. The maximum Gasteiger partial charge on any atom is 0.254 e. The van der Waals surface area contributed by atoms with Gasteiger partial charge < -0.3 is 14.5 Å². The Kier molecular flexibility index (Phi) is 5.39. The van der Waals surface area contributed by atoms with Crippen molar-refractivity contribution in [2.24, 2.45) is 0 Å². The summed E-state index contributed by atoms with van der Waals surface area (Å²) < 4.78 is 5.44. The number of benzene rings is 2. The molecule has 0 aliphatic carbocycles. The summed E-state index contributed by atoms with van der Waals surface area (Å²) in [4.78, 5) is 33.8. The van der Waals surface area contributed by atoms with Crippen LogP contribution in [-0.4, -0.2) is 59.4 Å². The Bertz CT molecular complexity index is 1210. The average molecular weight is 430 g/mol. The maximum absolute atomic E-state index is 13.5. The number of carbonyl (C=O) groups is 2. The average Bonchev–Trinajstić information content (AvgIpc) is 2.82. The van der Waals surface area contributed by atoms with Crippen molar-refractivity contribution < 1.29 is 14.3 Å². The molecule has 0 saturated carbocycles. The van der Waals surface area contributed by atoms with E-state index in [1.54, 1.807) is 6.92 Å². The van der Waals surface area contributed by atoms with Gasteiger partial charge in [0.05, 0.1) is 18.7 Å². The topological polar surface area (TPSA) is 62.7 Å². The van der Waals surface area contributed by atoms with Gasteiger partial charge in [-0.05, 0) is 48.2 Å². The van der Waals surface area contributed by atoms with Crippen molar-refractivity contribution >= 4 is 22.7 Å². The van der Waals surface area contributed by atoms with Crippen LogP contribution in [0.1, 0.15) is 34.1 Å². The Morgan fingerprint density at radius 1 is 0.938 bits per heavy atom. The van der Waals surface area contributed by atoms with Gasteiger partial charge in [0.25, 0.3) is 5.91 Å². The van der Waals surface area contributed by atoms with Gasteiger partial charge in [0.15, 0.2) is 0 Å². The molecule has 0 N–H and O–H groups in total. The van der Waals surface area contributed by atoms with Gasteiger partial charge >= 0.3 is 0 Å². The smallest absolute Gasteiger partial charge is 0.254 e. The number of rotatable bonds is 2. The normalized spacial score (nSPS) is 16.2. The molecular weight excluding hydrogens is 402 g/mol. The van der Waals surface area contributed by atoms with Crippen molar-refractivity contribution in [2.75, 3.05) is 32.8 Å². The van der Waals surface area contributed by atoms with Gasteiger partial charge in [-0.25, -0.2) is 0 Å². The number of pyridine rings is 1. The van der Waals surface area contributed by atoms with Crippen LogP contribution in [0, 0.1) is 6.92 Å². The highest BCUT2D eigenvalue weighted by molar-refractivity contribution is 6.09. The van der Waals surface area contributed by atoms with E-state index in [0.29, 0.717) is 38.4 Å². The van der Waals surface area contributed by atoms with Crippen molar-refractivity contribution in [3.05, 3.63) is 64.8 Å². The third-order valence-electron chi connectivity index (χ3n) is 6.49. The molecule has 0 bridgehead atoms. The number of hydrogen-bond donors (Lipinski definition) is 0. The first-order valence-corrected chi connectivity index (χ1v) is 11.2. The van der Waals surface area contributed by atoms with Gasteiger partial charge in [-0.2, -0.15) is 0 Å². The molecule has 0 spiro atoms. The number of aryl methyl sites for hydroxylation is 1. The highest BCUT2D eigenvalue weighted by Crippen LogP contribution is 2.35. The van der Waals surface area contributed by atoms with Crippen LogP contribution in [0.2, 0.25) is 0 Å². The molecule has 32 heavy (non-hydrogen) atoms. The molecule has 6 nitrogen and oxygen atoms in total. The monoisotopic (exact) mass is 429 g/mol. The molecule has 3 aromatic rings. The first kappa shape index (κ1) is 20.6. The summed E-state index contributed by atoms with van der Waals surface area (Å²) in [6, 6.07) is 14.3. The van der Waals surface area contributed by atoms with Gasteiger partial charge in [0, 0.05) is 55.3 Å². The van der Waals surface area contributed by atoms with Gasteiger partial charge in [-0.1, -0.05) is 24.3 Å². The van der Waals surface area contributed by atoms with E-state index in [0.717, 1.165) is 40.7 Å². The van der Waals surface area contributed by atoms with Crippen molar-refractivity contribution in [2.45, 2.75) is 26.8 Å². The number of nitrogens with zero attached hydrogens (tertiary/aromatic N) is 3. The summed E-state index contributed by atoms with van der Waals surface area (Å²) in [7, 11) is 0. The molecule has 6 heteroatoms. The second-order valence-corrected chi connectivity index (χ2v) is 8.59. The number of aromatic nitrogens is 1. The second-order valence-electron chi connectivity index (χ2n) is 8.59. The maximum atomic E-state index is 13.5. The molecular formula is C26H27N3O3. The van der Waals surface area contributed by atoms with E-state index in [9.17, 15) is 9.59 Å². The minimum absolute atomic E-state index is 0.0336. The van der Waals surface area contributed by atoms with E-state index in [1.807, 2.05) is 34.9 Å². The Hall–Kier alpha value is -3.25. The van der Waals surface area contributed by atoms with Crippen molar-refractivity contribution in [3.8, 4) is 11.1 Å². The van der Waals surface area contributed by atoms with E-state index < -0.39 is 0 Å². The fraction of sp³-hybridized carbons (Fsp3) is 0.346. The van der Waals surface area contributed by atoms with Crippen molar-refractivity contribution in [1.29, 1.82) is 0 Å². The summed E-state index contributed by atoms with van der Waals surface area (Å²) in [5, 5.41) is 0.982. The molecule has 5 rings (SSSR count). The van der Waals surface area contributed by atoms with E-state index in [4.69, 9.17) is 9.72 Å². The van der Waals surface area contributed by atoms with E-state index in [-0.39, 0.29) is 11.8 Å². The third-order valence-corrected chi connectivity index (χ3v) is 6.49. The van der Waals surface area contributed by atoms with Crippen LogP contribution in [0.15, 0.2) is 42.5 Å². The minimum atomic E-state index is 0.0336. The number of morpholine rings is 1. The number of hydrogen-bond acceptors (Lipinski definition) is 4. The zero-order valence-electron chi connectivity index (χ0n) is 18.6. The Morgan fingerprint density at radius 2 is 1.75 bits per heavy atom. The number of amides is 2. The van der Waals surface area contributed by atoms with Gasteiger partial charge in [-0.15, -0.1) is 0 Å². The van der Waals surface area contributed by atoms with Crippen LogP contribution in [0.3, 0.4) is 0 Å². The molecule has 1 aromatic heterocycles. The Balaban J connectivity index is 1.63. The zero-order chi connectivity index (χ0) is 22.2. The van der Waals surface area contributed by atoms with Gasteiger partial charge in [0.2, 0.25) is 5.91 Å². The number of ether oxygens (including phenoxy) is 1. The molecule has 3 heterocycles. The van der Waals surface area contributed by atoms with Crippen LogP contribution in [-0.2, 0) is 22.5 Å². The molecule has 164 valence electrons. The zero-order valence-corrected chi connectivity index (χ0v) is 18.6. The Morgan fingerprint density at radius 3 is 2.53 bits per heavy atom. The molecule has 1 saturated heterocycles. The summed E-state index contributed by atoms with van der Waals surface area (Å²) in [5.74, 6) is 0.139. The highest BCUT2D eigenvalue weighted by atomic mass is 16.5. The predicted octanol–water partition coefficient (Wildman–Crippen LogP) is 3.59. The van der Waals surface area contributed by atoms with E-state index in [1.165, 1.54) is 11.1 Å². The molecule has 2 aliphatic rings. The van der Waals surface area contributed by atoms with E-state index in [2.05, 4.69) is 24.3 Å². The first-order valence-electron chi connectivity index (χ1n) is 11.2. The lowest BCUT2D eigenvalue weighted by molar-refractivity contribution is -0.129. The lowest BCUT2D eigenvalue weighted by Gasteiger charge is -2.29. The lowest BCUT2D eigenvalue weighted by Crippen LogP contribution is -2.40. The summed E-state index contributed by atoms with van der Waals surface area (Å²) >= 11 is 0. The first-order chi connectivity index (χ1) is 15.5.